The summed E-state index contributed by atoms with van der Waals surface area (Å²) in [6.07, 6.45) is 0. The van der Waals surface area contributed by atoms with Gasteiger partial charge in [0.25, 0.3) is 0 Å². The van der Waals surface area contributed by atoms with Crippen LogP contribution in [0.3, 0.4) is 0 Å². The highest BCUT2D eigenvalue weighted by Gasteiger charge is 2.30. The van der Waals surface area contributed by atoms with Gasteiger partial charge >= 0.3 is 0 Å². The zero-order valence-corrected chi connectivity index (χ0v) is 44.1. The molecular weight excluding hydrogens is 883 g/mol. The van der Waals surface area contributed by atoms with Gasteiger partial charge < -0.3 is 14.2 Å². The Morgan fingerprint density at radius 3 is 1.38 bits per heavy atom. The van der Waals surface area contributed by atoms with E-state index in [-0.39, 0.29) is 21.7 Å². The number of hydrogen-bond acceptors (Lipinski definition) is 4. The number of para-hydroxylation sites is 1. The number of rotatable bonds is 6. The van der Waals surface area contributed by atoms with E-state index >= 15 is 0 Å². The topological polar surface area (TPSA) is 24.0 Å². The van der Waals surface area contributed by atoms with Gasteiger partial charge in [0.1, 0.15) is 5.58 Å². The lowest BCUT2D eigenvalue weighted by Crippen LogP contribution is -2.14. The molecule has 4 nitrogen and oxygen atoms in total. The molecule has 0 aliphatic carbocycles. The van der Waals surface area contributed by atoms with E-state index < -0.39 is 0 Å². The fraction of sp³-hybridized carbons (Fsp3) is 0.242. The second-order valence-corrected chi connectivity index (χ2v) is 25.0. The van der Waals surface area contributed by atoms with Crippen molar-refractivity contribution in [2.75, 3.05) is 9.80 Å². The Bertz CT molecular complexity index is 3870. The summed E-state index contributed by atoms with van der Waals surface area (Å²) in [5.74, 6) is 0. The van der Waals surface area contributed by atoms with Crippen molar-refractivity contribution in [2.24, 2.45) is 0 Å². The molecule has 0 radical (unpaired) electrons. The van der Waals surface area contributed by atoms with Gasteiger partial charge in [-0.3, -0.25) is 4.40 Å². The van der Waals surface area contributed by atoms with Crippen LogP contribution in [0.5, 0.6) is 0 Å². The van der Waals surface area contributed by atoms with Crippen LogP contribution < -0.4 is 9.80 Å². The molecule has 4 aromatic heterocycles. The maximum absolute atomic E-state index is 7.03. The van der Waals surface area contributed by atoms with Crippen molar-refractivity contribution >= 4 is 115 Å². The van der Waals surface area contributed by atoms with Crippen LogP contribution in [0.25, 0.3) is 69.4 Å². The van der Waals surface area contributed by atoms with Crippen LogP contribution >= 0.6 is 11.3 Å². The number of anilines is 6. The van der Waals surface area contributed by atoms with Crippen molar-refractivity contribution in [1.82, 2.24) is 4.40 Å². The van der Waals surface area contributed by atoms with Gasteiger partial charge in [0.15, 0.2) is 0 Å². The first-order valence-electron chi connectivity index (χ1n) is 25.2. The van der Waals surface area contributed by atoms with Crippen molar-refractivity contribution in [3.63, 3.8) is 0 Å². The molecule has 0 saturated heterocycles. The molecule has 0 spiro atoms. The maximum atomic E-state index is 7.03. The van der Waals surface area contributed by atoms with Gasteiger partial charge in [0, 0.05) is 54.7 Å². The summed E-state index contributed by atoms with van der Waals surface area (Å²) in [5, 5.41) is 8.38. The fourth-order valence-electron chi connectivity index (χ4n) is 10.8. The summed E-state index contributed by atoms with van der Waals surface area (Å²) < 4.78 is 12.0. The molecule has 12 rings (SSSR count). The first kappa shape index (κ1) is 45.1. The van der Waals surface area contributed by atoms with E-state index in [9.17, 15) is 0 Å². The van der Waals surface area contributed by atoms with Crippen molar-refractivity contribution in [3.05, 3.63) is 186 Å². The van der Waals surface area contributed by atoms with Crippen molar-refractivity contribution < 1.29 is 4.42 Å². The summed E-state index contributed by atoms with van der Waals surface area (Å²) in [6, 6.07) is 61.7. The molecule has 0 bridgehead atoms. The molecular formula is C66H63N3OS. The Balaban J connectivity index is 1.07. The SMILES string of the molecule is CC(C)(C)c1ccc(N(c2ccc(C(C)(C)C)cc2)c2ccc3cc4c(cc3c2)sc2c3ccc(N(c5ccc(C(C)(C)C)cc5)c5ccc(C(C)(C)C)cc5)c5c6c7ccccc7oc6n(c42)c35)cc1. The molecule has 0 N–H and O–H groups in total. The molecule has 0 aliphatic heterocycles. The highest BCUT2D eigenvalue weighted by atomic mass is 32.1. The smallest absolute Gasteiger partial charge is 0.213 e. The molecule has 0 amide bonds. The lowest BCUT2D eigenvalue weighted by Gasteiger charge is -2.28. The third-order valence-electron chi connectivity index (χ3n) is 14.9. The van der Waals surface area contributed by atoms with Gasteiger partial charge in [0.05, 0.1) is 26.8 Å². The van der Waals surface area contributed by atoms with E-state index in [0.717, 1.165) is 56.2 Å². The molecule has 5 heteroatoms. The van der Waals surface area contributed by atoms with Crippen LogP contribution in [0, 0.1) is 0 Å². The Morgan fingerprint density at radius 1 is 0.394 bits per heavy atom. The average molecular weight is 946 g/mol. The molecule has 0 saturated carbocycles. The van der Waals surface area contributed by atoms with E-state index in [0.29, 0.717) is 0 Å². The van der Waals surface area contributed by atoms with Crippen LogP contribution in [0.2, 0.25) is 0 Å². The van der Waals surface area contributed by atoms with Crippen molar-refractivity contribution in [3.8, 4) is 0 Å². The zero-order chi connectivity index (χ0) is 49.5. The third-order valence-corrected chi connectivity index (χ3v) is 16.1. The molecule has 0 fully saturated rings. The fourth-order valence-corrected chi connectivity index (χ4v) is 12.1. The molecule has 4 heterocycles. The van der Waals surface area contributed by atoms with E-state index in [1.807, 2.05) is 11.3 Å². The van der Waals surface area contributed by atoms with E-state index in [1.165, 1.54) is 69.6 Å². The van der Waals surface area contributed by atoms with Gasteiger partial charge in [-0.2, -0.15) is 0 Å². The Kier molecular flexibility index (Phi) is 9.98. The second-order valence-electron chi connectivity index (χ2n) is 24.0. The lowest BCUT2D eigenvalue weighted by molar-refractivity contribution is 0.590. The minimum atomic E-state index is 0.0382. The predicted molar refractivity (Wildman–Crippen MR) is 308 cm³/mol. The van der Waals surface area contributed by atoms with Gasteiger partial charge in [-0.25, -0.2) is 0 Å². The van der Waals surface area contributed by atoms with Crippen LogP contribution in [-0.4, -0.2) is 4.40 Å². The highest BCUT2D eigenvalue weighted by molar-refractivity contribution is 7.26. The second kappa shape index (κ2) is 15.7. The zero-order valence-electron chi connectivity index (χ0n) is 43.2. The number of furan rings is 1. The summed E-state index contributed by atoms with van der Waals surface area (Å²) in [7, 11) is 0. The standard InChI is InChI=1S/C66H63N3OS/c1-63(2,3)42-18-27-46(28-19-42)67(47-29-20-43(21-30-47)64(4,5)6)50-26-17-40-38-53-56(39-41(40)37-50)71-61-52-35-36-54(58-57-51-15-13-14-16-55(51)70-62(57)69(59(52)58)60(53)61)68(48-31-22-44(23-32-48)65(7,8)9)49-33-24-45(25-34-49)66(10,11)12/h13-39H,1-12H3. The Labute approximate surface area is 422 Å². The number of aromatic nitrogens is 1. The van der Waals surface area contributed by atoms with Crippen molar-refractivity contribution in [2.45, 2.75) is 105 Å². The Hall–Kier alpha value is -7.08. The van der Waals surface area contributed by atoms with Gasteiger partial charge in [-0.15, -0.1) is 11.3 Å². The van der Waals surface area contributed by atoms with E-state index in [2.05, 4.69) is 261 Å². The molecule has 12 aromatic rings. The van der Waals surface area contributed by atoms with Gasteiger partial charge in [-0.05, 0) is 146 Å². The highest BCUT2D eigenvalue weighted by Crippen LogP contribution is 2.53. The maximum Gasteiger partial charge on any atom is 0.213 e. The van der Waals surface area contributed by atoms with Crippen LogP contribution in [0.4, 0.5) is 34.1 Å². The summed E-state index contributed by atoms with van der Waals surface area (Å²) in [6.45, 7) is 27.4. The number of nitrogens with zero attached hydrogens (tertiary/aromatic N) is 3. The van der Waals surface area contributed by atoms with Gasteiger partial charge in [-0.1, -0.05) is 156 Å². The normalized spacial score (nSPS) is 13.1. The summed E-state index contributed by atoms with van der Waals surface area (Å²) in [4.78, 5) is 4.86. The molecule has 0 atom stereocenters. The quantitative estimate of drug-likeness (QED) is 0.166. The van der Waals surface area contributed by atoms with E-state index in [1.54, 1.807) is 0 Å². The molecule has 0 unspecified atom stereocenters. The molecule has 71 heavy (non-hydrogen) atoms. The molecule has 8 aromatic carbocycles. The summed E-state index contributed by atoms with van der Waals surface area (Å²) in [5.41, 5.74) is 16.5. The van der Waals surface area contributed by atoms with Crippen LogP contribution in [0.15, 0.2) is 168 Å². The molecule has 0 aliphatic rings. The molecule has 354 valence electrons. The first-order chi connectivity index (χ1) is 33.7. The summed E-state index contributed by atoms with van der Waals surface area (Å²) >= 11 is 1.89. The van der Waals surface area contributed by atoms with Crippen LogP contribution in [-0.2, 0) is 21.7 Å². The van der Waals surface area contributed by atoms with E-state index in [4.69, 9.17) is 4.42 Å². The average Bonchev–Trinajstić information content (AvgIpc) is 4.06. The minimum absolute atomic E-state index is 0.0382. The minimum Gasteiger partial charge on any atom is -0.439 e. The monoisotopic (exact) mass is 945 g/mol. The lowest BCUT2D eigenvalue weighted by atomic mass is 9.86. The van der Waals surface area contributed by atoms with Crippen molar-refractivity contribution in [1.29, 1.82) is 0 Å². The predicted octanol–water partition coefficient (Wildman–Crippen LogP) is 20.1. The number of hydrogen-bond donors (Lipinski definition) is 0. The number of fused-ring (bicyclic) bond motifs is 11. The van der Waals surface area contributed by atoms with Gasteiger partial charge in [0.2, 0.25) is 5.71 Å². The van der Waals surface area contributed by atoms with Crippen LogP contribution in [0.1, 0.15) is 105 Å². The largest absolute Gasteiger partial charge is 0.439 e. The first-order valence-corrected chi connectivity index (χ1v) is 26.1. The third kappa shape index (κ3) is 7.38. The Morgan fingerprint density at radius 2 is 0.873 bits per heavy atom. The number of benzene rings is 8. The number of thiophene rings is 1.